The van der Waals surface area contributed by atoms with Crippen molar-refractivity contribution in [3.63, 3.8) is 0 Å². The van der Waals surface area contributed by atoms with Crippen molar-refractivity contribution in [1.82, 2.24) is 0 Å². The number of aliphatic hydroxyl groups excluding tert-OH is 2. The molecule has 0 aliphatic carbocycles. The molecule has 1 aliphatic heterocycles. The molecule has 0 bridgehead atoms. The van der Waals surface area contributed by atoms with E-state index in [4.69, 9.17) is 23.7 Å². The van der Waals surface area contributed by atoms with E-state index in [9.17, 15) is 34.5 Å². The smallest absolute Gasteiger partial charge is 0.335 e. The number of carboxylic acids is 1. The second-order valence-electron chi connectivity index (χ2n) is 22.7. The van der Waals surface area contributed by atoms with Crippen LogP contribution in [0.1, 0.15) is 303 Å². The number of ether oxygens (including phenoxy) is 5. The highest BCUT2D eigenvalue weighted by Crippen LogP contribution is 2.27. The first-order valence-electron chi connectivity index (χ1n) is 33.3. The molecule has 6 unspecified atom stereocenters. The molecule has 12 heteroatoms. The molecule has 0 saturated carbocycles. The molecule has 12 nitrogen and oxygen atoms in total. The van der Waals surface area contributed by atoms with E-state index in [1.54, 1.807) is 0 Å². The van der Waals surface area contributed by atoms with Crippen molar-refractivity contribution in [2.75, 3.05) is 13.2 Å². The lowest BCUT2D eigenvalue weighted by Gasteiger charge is -2.40. The summed E-state index contributed by atoms with van der Waals surface area (Å²) in [5, 5.41) is 31.6. The van der Waals surface area contributed by atoms with Gasteiger partial charge in [0.25, 0.3) is 0 Å². The molecule has 1 aliphatic rings. The fourth-order valence-electron chi connectivity index (χ4n) is 10.0. The van der Waals surface area contributed by atoms with Crippen molar-refractivity contribution >= 4 is 23.9 Å². The molecular formula is C69H120O12. The van der Waals surface area contributed by atoms with Gasteiger partial charge in [-0.1, -0.05) is 261 Å². The summed E-state index contributed by atoms with van der Waals surface area (Å²) in [5.41, 5.74) is 0. The monoisotopic (exact) mass is 1140 g/mol. The molecule has 1 saturated heterocycles. The third kappa shape index (κ3) is 46.5. The summed E-state index contributed by atoms with van der Waals surface area (Å²) in [6, 6.07) is 0. The number of hydrogen-bond donors (Lipinski definition) is 3. The third-order valence-corrected chi connectivity index (χ3v) is 15.1. The van der Waals surface area contributed by atoms with Crippen molar-refractivity contribution in [1.29, 1.82) is 0 Å². The Balaban J connectivity index is 2.66. The standard InChI is InChI=1S/C69H120O12/c1-4-7-10-13-16-19-22-25-28-30-31-33-35-37-40-43-46-49-52-55-61(70)77-58-60(79-62(71)56-53-50-47-44-41-39-36-32-29-26-23-20-17-14-11-8-5-2)59-78-69-67(65(74)64(73)66(81-69)68(75)76)80-63(72)57-54-51-48-45-42-38-34-27-24-21-18-15-12-9-6-3/h7,10,16,19,25,27-28,31,33-34,60,64-67,69,73-74H,4-6,8-9,11-15,17-18,20-24,26,29-30,32,35-59H2,1-3H3,(H,75,76)/b10-7-,19-16-,28-25-,33-31-,34-27-. The van der Waals surface area contributed by atoms with Crippen molar-refractivity contribution in [2.24, 2.45) is 0 Å². The van der Waals surface area contributed by atoms with E-state index in [0.717, 1.165) is 122 Å². The molecule has 0 radical (unpaired) electrons. The van der Waals surface area contributed by atoms with E-state index < -0.39 is 67.3 Å². The Hall–Kier alpha value is -3.58. The molecular weight excluding hydrogens is 1020 g/mol. The van der Waals surface area contributed by atoms with Crippen molar-refractivity contribution in [3.05, 3.63) is 60.8 Å². The minimum absolute atomic E-state index is 0.0504. The van der Waals surface area contributed by atoms with Gasteiger partial charge in [-0.2, -0.15) is 0 Å². The van der Waals surface area contributed by atoms with Gasteiger partial charge in [-0.05, 0) is 83.5 Å². The summed E-state index contributed by atoms with van der Waals surface area (Å²) in [7, 11) is 0. The number of esters is 3. The highest BCUT2D eigenvalue weighted by Gasteiger charge is 2.50. The molecule has 1 rings (SSSR count). The molecule has 1 fully saturated rings. The van der Waals surface area contributed by atoms with E-state index in [1.165, 1.54) is 122 Å². The van der Waals surface area contributed by atoms with E-state index >= 15 is 0 Å². The lowest BCUT2D eigenvalue weighted by molar-refractivity contribution is -0.301. The normalized spacial score (nSPS) is 18.1. The number of aliphatic hydroxyl groups is 2. The van der Waals surface area contributed by atoms with Crippen LogP contribution in [-0.4, -0.2) is 89.2 Å². The van der Waals surface area contributed by atoms with Crippen molar-refractivity contribution in [3.8, 4) is 0 Å². The molecule has 81 heavy (non-hydrogen) atoms. The zero-order chi connectivity index (χ0) is 58.9. The van der Waals surface area contributed by atoms with Crippen LogP contribution < -0.4 is 0 Å². The van der Waals surface area contributed by atoms with E-state index in [-0.39, 0.29) is 25.9 Å². The number of aliphatic carboxylic acids is 1. The number of allylic oxidation sites excluding steroid dienone is 10. The average molecular weight is 1140 g/mol. The van der Waals surface area contributed by atoms with Gasteiger partial charge in [-0.25, -0.2) is 4.79 Å². The zero-order valence-corrected chi connectivity index (χ0v) is 51.8. The average Bonchev–Trinajstić information content (AvgIpc) is 3.53. The van der Waals surface area contributed by atoms with Crippen LogP contribution in [0.3, 0.4) is 0 Å². The van der Waals surface area contributed by atoms with Gasteiger partial charge >= 0.3 is 23.9 Å². The molecule has 0 amide bonds. The van der Waals surface area contributed by atoms with E-state index in [0.29, 0.717) is 19.3 Å². The number of carbonyl (C=O) groups is 4. The Morgan fingerprint density at radius 2 is 0.778 bits per heavy atom. The first-order chi connectivity index (χ1) is 39.6. The minimum atomic E-state index is -1.91. The zero-order valence-electron chi connectivity index (χ0n) is 51.8. The summed E-state index contributed by atoms with van der Waals surface area (Å²) >= 11 is 0. The fraction of sp³-hybridized carbons (Fsp3) is 0.797. The molecule has 3 N–H and O–H groups in total. The number of carboxylic acid groups (broad SMARTS) is 1. The SMILES string of the molecule is CC/C=C\C/C=C\C/C=C\C/C=C\CCCCCCCCC(=O)OCC(COC1OC(C(=O)O)C(O)C(O)C1OC(=O)CCCCCCC/C=C\CCCCCCCC)OC(=O)CCCCCCCCCCCCCCCCCCC. The number of rotatable bonds is 57. The predicted molar refractivity (Wildman–Crippen MR) is 331 cm³/mol. The van der Waals surface area contributed by atoms with Gasteiger partial charge in [0.1, 0.15) is 18.8 Å². The maximum absolute atomic E-state index is 13.2. The van der Waals surface area contributed by atoms with Crippen LogP contribution in [0.25, 0.3) is 0 Å². The van der Waals surface area contributed by atoms with Crippen molar-refractivity contribution < 1.29 is 58.2 Å². The van der Waals surface area contributed by atoms with Crippen LogP contribution in [0.2, 0.25) is 0 Å². The minimum Gasteiger partial charge on any atom is -0.479 e. The van der Waals surface area contributed by atoms with Gasteiger partial charge in [0.05, 0.1) is 6.61 Å². The van der Waals surface area contributed by atoms with Crippen molar-refractivity contribution in [2.45, 2.75) is 340 Å². The summed E-state index contributed by atoms with van der Waals surface area (Å²) in [6.45, 7) is 5.91. The topological polar surface area (TPSA) is 175 Å². The Kier molecular flexibility index (Phi) is 53.0. The number of carbonyl (C=O) groups excluding carboxylic acids is 3. The molecule has 0 aromatic heterocycles. The maximum atomic E-state index is 13.2. The first-order valence-corrected chi connectivity index (χ1v) is 33.3. The lowest BCUT2D eigenvalue weighted by atomic mass is 9.98. The third-order valence-electron chi connectivity index (χ3n) is 15.1. The van der Waals surface area contributed by atoms with Gasteiger partial charge in [-0.15, -0.1) is 0 Å². The largest absolute Gasteiger partial charge is 0.479 e. The molecule has 468 valence electrons. The lowest BCUT2D eigenvalue weighted by Crippen LogP contribution is -2.61. The summed E-state index contributed by atoms with van der Waals surface area (Å²) in [6.07, 6.45) is 58.9. The number of unbranched alkanes of at least 4 members (excludes halogenated alkanes) is 33. The summed E-state index contributed by atoms with van der Waals surface area (Å²) in [4.78, 5) is 51.4. The highest BCUT2D eigenvalue weighted by molar-refractivity contribution is 5.74. The van der Waals surface area contributed by atoms with E-state index in [2.05, 4.69) is 81.5 Å². The Morgan fingerprint density at radius 1 is 0.420 bits per heavy atom. The molecule has 0 aromatic carbocycles. The van der Waals surface area contributed by atoms with Crippen LogP contribution in [0, 0.1) is 0 Å². The van der Waals surface area contributed by atoms with Gasteiger partial charge in [0, 0.05) is 19.3 Å². The van der Waals surface area contributed by atoms with Crippen LogP contribution >= 0.6 is 0 Å². The number of hydrogen-bond acceptors (Lipinski definition) is 11. The predicted octanol–water partition coefficient (Wildman–Crippen LogP) is 17.9. The van der Waals surface area contributed by atoms with Gasteiger partial charge < -0.3 is 39.0 Å². The highest BCUT2D eigenvalue weighted by atomic mass is 16.7. The Bertz CT molecular complexity index is 1640. The van der Waals surface area contributed by atoms with Crippen LogP contribution in [0.5, 0.6) is 0 Å². The molecule has 1 heterocycles. The fourth-order valence-corrected chi connectivity index (χ4v) is 10.0. The van der Waals surface area contributed by atoms with Crippen LogP contribution in [0.15, 0.2) is 60.8 Å². The second-order valence-corrected chi connectivity index (χ2v) is 22.7. The molecule has 6 atom stereocenters. The van der Waals surface area contributed by atoms with Gasteiger partial charge in [0.2, 0.25) is 0 Å². The van der Waals surface area contributed by atoms with Gasteiger partial charge in [0.15, 0.2) is 24.6 Å². The van der Waals surface area contributed by atoms with E-state index in [1.807, 2.05) is 0 Å². The maximum Gasteiger partial charge on any atom is 0.335 e. The Morgan fingerprint density at radius 3 is 1.20 bits per heavy atom. The summed E-state index contributed by atoms with van der Waals surface area (Å²) < 4.78 is 28.6. The van der Waals surface area contributed by atoms with Crippen LogP contribution in [-0.2, 0) is 42.9 Å². The quantitative estimate of drug-likeness (QED) is 0.0228. The van der Waals surface area contributed by atoms with Crippen LogP contribution in [0.4, 0.5) is 0 Å². The summed E-state index contributed by atoms with van der Waals surface area (Å²) in [5.74, 6) is -3.12. The second kappa shape index (κ2) is 56.9. The first kappa shape index (κ1) is 75.4. The van der Waals surface area contributed by atoms with Gasteiger partial charge in [-0.3, -0.25) is 14.4 Å². The Labute approximate surface area is 494 Å². The molecule has 0 spiro atoms. The molecule has 0 aromatic rings.